The summed E-state index contributed by atoms with van der Waals surface area (Å²) in [7, 11) is 0. The maximum Gasteiger partial charge on any atom is 0.248 e. The highest BCUT2D eigenvalue weighted by atomic mass is 19.1. The molecule has 6 nitrogen and oxygen atoms in total. The number of amides is 2. The van der Waals surface area contributed by atoms with Gasteiger partial charge in [0.2, 0.25) is 11.8 Å². The van der Waals surface area contributed by atoms with Crippen LogP contribution in [0.4, 0.5) is 4.39 Å². The molecule has 2 aromatic carbocycles. The Hall–Kier alpha value is -2.77. The van der Waals surface area contributed by atoms with Gasteiger partial charge in [-0.3, -0.25) is 14.5 Å². The third-order valence-electron chi connectivity index (χ3n) is 6.91. The normalized spacial score (nSPS) is 22.6. The van der Waals surface area contributed by atoms with Gasteiger partial charge >= 0.3 is 0 Å². The molecule has 0 aliphatic carbocycles. The number of halogens is 1. The lowest BCUT2D eigenvalue weighted by Gasteiger charge is -2.40. The molecular formula is C25H30FN3O3. The Morgan fingerprint density at radius 3 is 2.47 bits per heavy atom. The highest BCUT2D eigenvalue weighted by Crippen LogP contribution is 2.43. The maximum atomic E-state index is 13.5. The molecule has 2 saturated heterocycles. The molecule has 2 aromatic rings. The second kappa shape index (κ2) is 9.79. The largest absolute Gasteiger partial charge is 0.387 e. The molecule has 0 spiro atoms. The first-order chi connectivity index (χ1) is 15.4. The van der Waals surface area contributed by atoms with E-state index in [4.69, 9.17) is 5.73 Å². The zero-order valence-electron chi connectivity index (χ0n) is 18.1. The standard InChI is InChI=1S/C25H30FN3O3/c26-21-6-1-3-17(11-21)15-28(24(31)16-30)9-10-29-22-7-8-23(29)14-20(13-22)18-4-2-5-19(12-18)25(27)32/h1-6,11-12,20,22-23,30H,7-10,13-16H2,(H2,27,32)/t20-,22+,23-. The molecule has 2 heterocycles. The number of carbonyl (C=O) groups excluding carboxylic acids is 2. The molecule has 3 N–H and O–H groups in total. The summed E-state index contributed by atoms with van der Waals surface area (Å²) in [5.74, 6) is -0.691. The van der Waals surface area contributed by atoms with E-state index < -0.39 is 12.5 Å². The Kier molecular flexibility index (Phi) is 6.86. The quantitative estimate of drug-likeness (QED) is 0.662. The van der Waals surface area contributed by atoms with Crippen molar-refractivity contribution in [2.75, 3.05) is 19.7 Å². The van der Waals surface area contributed by atoms with E-state index in [1.165, 1.54) is 17.7 Å². The van der Waals surface area contributed by atoms with E-state index in [1.54, 1.807) is 23.1 Å². The third-order valence-corrected chi connectivity index (χ3v) is 6.91. The van der Waals surface area contributed by atoms with Gasteiger partial charge in [-0.15, -0.1) is 0 Å². The van der Waals surface area contributed by atoms with Crippen molar-refractivity contribution in [1.82, 2.24) is 9.80 Å². The minimum Gasteiger partial charge on any atom is -0.387 e. The van der Waals surface area contributed by atoms with E-state index in [9.17, 15) is 19.1 Å². The number of nitrogens with zero attached hydrogens (tertiary/aromatic N) is 2. The molecule has 0 aromatic heterocycles. The lowest BCUT2D eigenvalue weighted by atomic mass is 9.84. The summed E-state index contributed by atoms with van der Waals surface area (Å²) in [6.45, 7) is 0.943. The summed E-state index contributed by atoms with van der Waals surface area (Å²) in [5.41, 5.74) is 7.88. The van der Waals surface area contributed by atoms with E-state index >= 15 is 0 Å². The molecule has 2 bridgehead atoms. The zero-order chi connectivity index (χ0) is 22.7. The Labute approximate surface area is 187 Å². The smallest absolute Gasteiger partial charge is 0.248 e. The average molecular weight is 440 g/mol. The van der Waals surface area contributed by atoms with Crippen molar-refractivity contribution in [1.29, 1.82) is 0 Å². The summed E-state index contributed by atoms with van der Waals surface area (Å²) >= 11 is 0. The molecule has 2 aliphatic rings. The van der Waals surface area contributed by atoms with Gasteiger partial charge in [0.15, 0.2) is 0 Å². The van der Waals surface area contributed by atoms with Crippen LogP contribution < -0.4 is 5.73 Å². The van der Waals surface area contributed by atoms with E-state index in [1.807, 2.05) is 12.1 Å². The average Bonchev–Trinajstić information content (AvgIpc) is 3.02. The molecular weight excluding hydrogens is 409 g/mol. The van der Waals surface area contributed by atoms with E-state index in [2.05, 4.69) is 11.0 Å². The summed E-state index contributed by atoms with van der Waals surface area (Å²) < 4.78 is 13.5. The number of aliphatic hydroxyl groups is 1. The van der Waals surface area contributed by atoms with Crippen LogP contribution in [0, 0.1) is 5.82 Å². The van der Waals surface area contributed by atoms with Gasteiger partial charge in [0.25, 0.3) is 0 Å². The monoisotopic (exact) mass is 439 g/mol. The number of benzene rings is 2. The lowest BCUT2D eigenvalue weighted by Crippen LogP contribution is -2.47. The summed E-state index contributed by atoms with van der Waals surface area (Å²) in [6.07, 6.45) is 4.26. The van der Waals surface area contributed by atoms with Gasteiger partial charge in [0, 0.05) is 37.3 Å². The van der Waals surface area contributed by atoms with Crippen LogP contribution in [0.3, 0.4) is 0 Å². The molecule has 7 heteroatoms. The summed E-state index contributed by atoms with van der Waals surface area (Å²) in [4.78, 5) is 27.9. The summed E-state index contributed by atoms with van der Waals surface area (Å²) in [6, 6.07) is 14.7. The Balaban J connectivity index is 1.40. The molecule has 170 valence electrons. The van der Waals surface area contributed by atoms with Crippen molar-refractivity contribution >= 4 is 11.8 Å². The molecule has 4 rings (SSSR count). The van der Waals surface area contributed by atoms with Crippen molar-refractivity contribution < 1.29 is 19.1 Å². The Morgan fingerprint density at radius 1 is 1.09 bits per heavy atom. The van der Waals surface area contributed by atoms with Crippen LogP contribution in [-0.2, 0) is 11.3 Å². The van der Waals surface area contributed by atoms with Crippen LogP contribution in [0.5, 0.6) is 0 Å². The van der Waals surface area contributed by atoms with E-state index in [0.717, 1.165) is 32.2 Å². The Bertz CT molecular complexity index is 968. The van der Waals surface area contributed by atoms with Crippen molar-refractivity contribution in [2.45, 2.75) is 50.2 Å². The summed E-state index contributed by atoms with van der Waals surface area (Å²) in [5, 5.41) is 9.40. The first kappa shape index (κ1) is 22.4. The number of fused-ring (bicyclic) bond motifs is 2. The fourth-order valence-corrected chi connectivity index (χ4v) is 5.34. The topological polar surface area (TPSA) is 86.9 Å². The molecule has 2 amide bonds. The van der Waals surface area contributed by atoms with Crippen LogP contribution in [-0.4, -0.2) is 58.5 Å². The van der Waals surface area contributed by atoms with Crippen molar-refractivity contribution in [3.63, 3.8) is 0 Å². The van der Waals surface area contributed by atoms with Gasteiger partial charge in [-0.2, -0.15) is 0 Å². The molecule has 0 unspecified atom stereocenters. The van der Waals surface area contributed by atoms with Gasteiger partial charge in [0.05, 0.1) is 0 Å². The van der Waals surface area contributed by atoms with E-state index in [-0.39, 0.29) is 18.3 Å². The fourth-order valence-electron chi connectivity index (χ4n) is 5.34. The second-order valence-electron chi connectivity index (χ2n) is 8.88. The molecule has 2 fully saturated rings. The molecule has 0 radical (unpaired) electrons. The maximum absolute atomic E-state index is 13.5. The third kappa shape index (κ3) is 5.00. The minimum absolute atomic E-state index is 0.281. The minimum atomic E-state index is -0.555. The predicted octanol–water partition coefficient (Wildman–Crippen LogP) is 2.66. The molecule has 32 heavy (non-hydrogen) atoms. The van der Waals surface area contributed by atoms with Crippen LogP contribution in [0.2, 0.25) is 0 Å². The zero-order valence-corrected chi connectivity index (χ0v) is 18.1. The van der Waals surface area contributed by atoms with Gasteiger partial charge in [-0.25, -0.2) is 4.39 Å². The number of rotatable bonds is 8. The highest BCUT2D eigenvalue weighted by Gasteiger charge is 2.41. The fraction of sp³-hybridized carbons (Fsp3) is 0.440. The first-order valence-electron chi connectivity index (χ1n) is 11.2. The molecule has 0 saturated carbocycles. The number of nitrogens with two attached hydrogens (primary N) is 1. The van der Waals surface area contributed by atoms with Gasteiger partial charge in [-0.1, -0.05) is 24.3 Å². The van der Waals surface area contributed by atoms with Gasteiger partial charge in [-0.05, 0) is 67.0 Å². The number of primary amides is 1. The number of hydrogen-bond donors (Lipinski definition) is 2. The predicted molar refractivity (Wildman–Crippen MR) is 119 cm³/mol. The van der Waals surface area contributed by atoms with Gasteiger partial charge < -0.3 is 15.7 Å². The van der Waals surface area contributed by atoms with Crippen LogP contribution in [0.25, 0.3) is 0 Å². The SMILES string of the molecule is NC(=O)c1cccc([C@H]2C[C@H]3CC[C@@H](C2)N3CCN(Cc2cccc(F)c2)C(=O)CO)c1. The molecule has 2 aliphatic heterocycles. The molecule has 3 atom stereocenters. The van der Waals surface area contributed by atoms with Crippen LogP contribution in [0.15, 0.2) is 48.5 Å². The Morgan fingerprint density at radius 2 is 1.81 bits per heavy atom. The van der Waals surface area contributed by atoms with Crippen molar-refractivity contribution in [3.8, 4) is 0 Å². The van der Waals surface area contributed by atoms with Crippen molar-refractivity contribution in [2.24, 2.45) is 5.73 Å². The number of carbonyl (C=O) groups is 2. The van der Waals surface area contributed by atoms with Crippen LogP contribution >= 0.6 is 0 Å². The number of hydrogen-bond acceptors (Lipinski definition) is 4. The highest BCUT2D eigenvalue weighted by molar-refractivity contribution is 5.92. The number of aliphatic hydroxyl groups excluding tert-OH is 1. The van der Waals surface area contributed by atoms with Gasteiger partial charge in [0.1, 0.15) is 12.4 Å². The van der Waals surface area contributed by atoms with Crippen LogP contribution in [0.1, 0.15) is 53.1 Å². The first-order valence-corrected chi connectivity index (χ1v) is 11.2. The van der Waals surface area contributed by atoms with Crippen molar-refractivity contribution in [3.05, 3.63) is 71.0 Å². The van der Waals surface area contributed by atoms with E-state index in [0.29, 0.717) is 35.7 Å². The number of piperidine rings is 1. The lowest BCUT2D eigenvalue weighted by molar-refractivity contribution is -0.135. The second-order valence-corrected chi connectivity index (χ2v) is 8.88.